The van der Waals surface area contributed by atoms with Gasteiger partial charge >= 0.3 is 0 Å². The van der Waals surface area contributed by atoms with E-state index < -0.39 is 6.10 Å². The average molecular weight is 561 g/mol. The van der Waals surface area contributed by atoms with E-state index in [0.717, 1.165) is 35.7 Å². The molecule has 1 atom stereocenters. The third-order valence-corrected chi connectivity index (χ3v) is 6.57. The predicted octanol–water partition coefficient (Wildman–Crippen LogP) is 6.44. The third kappa shape index (κ3) is 16.8. The molecule has 40 heavy (non-hydrogen) atoms. The molecule has 2 N–H and O–H groups in total. The van der Waals surface area contributed by atoms with Crippen LogP contribution in [0, 0.1) is 0 Å². The SMILES string of the molecule is CCCCCCCCCCCCOc1ccc(-c2ccc(OCCOCCOCCOCC(O)CO)cc2)cc1. The molecule has 226 valence electrons. The molecule has 2 rings (SSSR count). The zero-order valence-electron chi connectivity index (χ0n) is 24.6. The van der Waals surface area contributed by atoms with Crippen LogP contribution in [0.5, 0.6) is 11.5 Å². The van der Waals surface area contributed by atoms with Crippen LogP contribution in [0.2, 0.25) is 0 Å². The Labute approximate surface area is 241 Å². The van der Waals surface area contributed by atoms with E-state index in [-0.39, 0.29) is 13.2 Å². The summed E-state index contributed by atoms with van der Waals surface area (Å²) in [5, 5.41) is 17.8. The van der Waals surface area contributed by atoms with Gasteiger partial charge in [0, 0.05) is 0 Å². The Morgan fingerprint density at radius 3 is 1.45 bits per heavy atom. The molecule has 0 aliphatic heterocycles. The molecule has 0 saturated heterocycles. The fourth-order valence-corrected chi connectivity index (χ4v) is 4.20. The van der Waals surface area contributed by atoms with Crippen LogP contribution in [0.3, 0.4) is 0 Å². The maximum atomic E-state index is 9.16. The number of aliphatic hydroxyl groups is 2. The highest BCUT2D eigenvalue weighted by Gasteiger charge is 2.02. The summed E-state index contributed by atoms with van der Waals surface area (Å²) >= 11 is 0. The van der Waals surface area contributed by atoms with Crippen LogP contribution < -0.4 is 9.47 Å². The van der Waals surface area contributed by atoms with E-state index in [9.17, 15) is 0 Å². The van der Waals surface area contributed by atoms with Crippen LogP contribution >= 0.6 is 0 Å². The first kappa shape index (κ1) is 34.0. The minimum absolute atomic E-state index is 0.107. The molecule has 7 heteroatoms. The second-order valence-electron chi connectivity index (χ2n) is 10.1. The summed E-state index contributed by atoms with van der Waals surface area (Å²) in [5.41, 5.74) is 2.29. The summed E-state index contributed by atoms with van der Waals surface area (Å²) in [6, 6.07) is 16.4. The Balaban J connectivity index is 1.48. The van der Waals surface area contributed by atoms with Crippen LogP contribution in [-0.2, 0) is 14.2 Å². The van der Waals surface area contributed by atoms with E-state index in [1.807, 2.05) is 24.3 Å². The maximum Gasteiger partial charge on any atom is 0.119 e. The van der Waals surface area contributed by atoms with Crippen LogP contribution in [-0.4, -0.2) is 75.8 Å². The molecule has 0 amide bonds. The van der Waals surface area contributed by atoms with Crippen molar-refractivity contribution in [1.29, 1.82) is 0 Å². The van der Waals surface area contributed by atoms with E-state index in [0.29, 0.717) is 39.6 Å². The topological polar surface area (TPSA) is 86.6 Å². The normalized spacial score (nSPS) is 12.0. The van der Waals surface area contributed by atoms with Crippen molar-refractivity contribution in [1.82, 2.24) is 0 Å². The molecular formula is C33H52O7. The smallest absolute Gasteiger partial charge is 0.119 e. The standard InChI is InChI=1S/C33H52O7/c1-2-3-4-5-6-7-8-9-10-11-20-39-32-16-12-29(13-17-32)30-14-18-33(19-15-30)40-26-25-37-22-21-36-23-24-38-28-31(35)27-34/h12-19,31,34-35H,2-11,20-28H2,1H3. The van der Waals surface area contributed by atoms with Crippen LogP contribution in [0.25, 0.3) is 11.1 Å². The number of unbranched alkanes of at least 4 members (excludes halogenated alkanes) is 9. The lowest BCUT2D eigenvalue weighted by atomic mass is 10.1. The minimum atomic E-state index is -0.838. The van der Waals surface area contributed by atoms with Gasteiger partial charge in [0.2, 0.25) is 0 Å². The molecule has 0 saturated carbocycles. The summed E-state index contributed by atoms with van der Waals surface area (Å²) in [6.07, 6.45) is 12.5. The first-order valence-electron chi connectivity index (χ1n) is 15.2. The van der Waals surface area contributed by atoms with Crippen LogP contribution in [0.15, 0.2) is 48.5 Å². The van der Waals surface area contributed by atoms with E-state index in [2.05, 4.69) is 31.2 Å². The van der Waals surface area contributed by atoms with E-state index in [4.69, 9.17) is 33.9 Å². The van der Waals surface area contributed by atoms with Crippen LogP contribution in [0.1, 0.15) is 71.1 Å². The van der Waals surface area contributed by atoms with Crippen molar-refractivity contribution in [2.75, 3.05) is 59.5 Å². The molecule has 0 aromatic heterocycles. The Hall–Kier alpha value is -2.16. The predicted molar refractivity (Wildman–Crippen MR) is 160 cm³/mol. The fourth-order valence-electron chi connectivity index (χ4n) is 4.20. The highest BCUT2D eigenvalue weighted by molar-refractivity contribution is 5.64. The molecule has 0 radical (unpaired) electrons. The van der Waals surface area contributed by atoms with Crippen molar-refractivity contribution in [3.63, 3.8) is 0 Å². The summed E-state index contributed by atoms with van der Waals surface area (Å²) in [7, 11) is 0. The Kier molecular flexibility index (Phi) is 20.0. The van der Waals surface area contributed by atoms with Crippen molar-refractivity contribution in [3.8, 4) is 22.6 Å². The lowest BCUT2D eigenvalue weighted by Gasteiger charge is -2.10. The van der Waals surface area contributed by atoms with E-state index in [1.54, 1.807) is 0 Å². The first-order valence-corrected chi connectivity index (χ1v) is 15.2. The Morgan fingerprint density at radius 1 is 0.525 bits per heavy atom. The lowest BCUT2D eigenvalue weighted by Crippen LogP contribution is -2.21. The van der Waals surface area contributed by atoms with Crippen LogP contribution in [0.4, 0.5) is 0 Å². The van der Waals surface area contributed by atoms with Crippen molar-refractivity contribution in [2.45, 2.75) is 77.2 Å². The van der Waals surface area contributed by atoms with Gasteiger partial charge in [-0.05, 0) is 41.8 Å². The molecule has 0 spiro atoms. The van der Waals surface area contributed by atoms with Gasteiger partial charge in [-0.1, -0.05) is 89.0 Å². The highest BCUT2D eigenvalue weighted by Crippen LogP contribution is 2.25. The fraction of sp³-hybridized carbons (Fsp3) is 0.636. The number of benzene rings is 2. The monoisotopic (exact) mass is 560 g/mol. The first-order chi connectivity index (χ1) is 19.7. The van der Waals surface area contributed by atoms with Crippen molar-refractivity contribution in [2.24, 2.45) is 0 Å². The lowest BCUT2D eigenvalue weighted by molar-refractivity contribution is -0.0240. The van der Waals surface area contributed by atoms with Gasteiger partial charge < -0.3 is 33.9 Å². The third-order valence-electron chi connectivity index (χ3n) is 6.57. The molecule has 0 aliphatic carbocycles. The van der Waals surface area contributed by atoms with Crippen molar-refractivity contribution in [3.05, 3.63) is 48.5 Å². The van der Waals surface area contributed by atoms with E-state index in [1.165, 1.54) is 57.8 Å². The largest absolute Gasteiger partial charge is 0.494 e. The second-order valence-corrected chi connectivity index (χ2v) is 10.1. The number of ether oxygens (including phenoxy) is 5. The molecule has 0 bridgehead atoms. The maximum absolute atomic E-state index is 9.16. The van der Waals surface area contributed by atoms with Crippen molar-refractivity contribution < 1.29 is 33.9 Å². The Bertz CT molecular complexity index is 826. The summed E-state index contributed by atoms with van der Waals surface area (Å²) in [6.45, 7) is 5.52. The summed E-state index contributed by atoms with van der Waals surface area (Å²) < 4.78 is 27.8. The molecule has 0 heterocycles. The summed E-state index contributed by atoms with van der Waals surface area (Å²) in [5.74, 6) is 1.73. The second kappa shape index (κ2) is 23.5. The number of hydrogen-bond acceptors (Lipinski definition) is 7. The summed E-state index contributed by atoms with van der Waals surface area (Å²) in [4.78, 5) is 0. The van der Waals surface area contributed by atoms with Gasteiger partial charge in [0.25, 0.3) is 0 Å². The van der Waals surface area contributed by atoms with Gasteiger partial charge in [0.05, 0.1) is 52.9 Å². The molecule has 0 fully saturated rings. The zero-order chi connectivity index (χ0) is 28.5. The Morgan fingerprint density at radius 2 is 0.950 bits per heavy atom. The van der Waals surface area contributed by atoms with E-state index >= 15 is 0 Å². The van der Waals surface area contributed by atoms with Gasteiger partial charge in [-0.25, -0.2) is 0 Å². The van der Waals surface area contributed by atoms with Gasteiger partial charge in [-0.3, -0.25) is 0 Å². The molecule has 2 aromatic carbocycles. The molecule has 0 aliphatic rings. The van der Waals surface area contributed by atoms with Gasteiger partial charge in [-0.2, -0.15) is 0 Å². The van der Waals surface area contributed by atoms with Gasteiger partial charge in [0.1, 0.15) is 24.2 Å². The number of aliphatic hydroxyl groups excluding tert-OH is 2. The molecule has 7 nitrogen and oxygen atoms in total. The average Bonchev–Trinajstić information content (AvgIpc) is 2.99. The number of rotatable bonds is 26. The minimum Gasteiger partial charge on any atom is -0.494 e. The molecular weight excluding hydrogens is 508 g/mol. The zero-order valence-corrected chi connectivity index (χ0v) is 24.6. The molecule has 1 unspecified atom stereocenters. The van der Waals surface area contributed by atoms with Gasteiger partial charge in [0.15, 0.2) is 0 Å². The highest BCUT2D eigenvalue weighted by atomic mass is 16.6. The van der Waals surface area contributed by atoms with Crippen molar-refractivity contribution >= 4 is 0 Å². The quantitative estimate of drug-likeness (QED) is 0.128. The number of hydrogen-bond donors (Lipinski definition) is 2. The molecule has 2 aromatic rings. The van der Waals surface area contributed by atoms with Gasteiger partial charge in [-0.15, -0.1) is 0 Å².